The number of nitrogens with zero attached hydrogens (tertiary/aromatic N) is 3. The lowest BCUT2D eigenvalue weighted by Gasteiger charge is -2.45. The highest BCUT2D eigenvalue weighted by molar-refractivity contribution is 7.20. The van der Waals surface area contributed by atoms with Crippen molar-refractivity contribution in [3.8, 4) is 16.5 Å². The molecule has 1 amide bonds. The molecule has 0 radical (unpaired) electrons. The maximum absolute atomic E-state index is 14.7. The summed E-state index contributed by atoms with van der Waals surface area (Å²) in [6, 6.07) is 7.71. The molecule has 43 heavy (non-hydrogen) atoms. The van der Waals surface area contributed by atoms with Crippen molar-refractivity contribution in [1.29, 1.82) is 0 Å². The number of anilines is 1. The molecule has 0 unspecified atom stereocenters. The lowest BCUT2D eigenvalue weighted by molar-refractivity contribution is -0.129. The summed E-state index contributed by atoms with van der Waals surface area (Å²) in [4.78, 5) is 49.8. The molecule has 0 aliphatic carbocycles. The third kappa shape index (κ3) is 5.55. The molecule has 6 rings (SSSR count). The van der Waals surface area contributed by atoms with Crippen molar-refractivity contribution in [3.63, 3.8) is 0 Å². The van der Waals surface area contributed by atoms with Crippen molar-refractivity contribution < 1.29 is 33.0 Å². The van der Waals surface area contributed by atoms with Gasteiger partial charge in [-0.2, -0.15) is 0 Å². The van der Waals surface area contributed by atoms with Crippen LogP contribution < -0.4 is 9.64 Å². The van der Waals surface area contributed by atoms with E-state index >= 15 is 0 Å². The molecule has 2 saturated heterocycles. The first-order valence-corrected chi connectivity index (χ1v) is 15.6. The molecule has 2 fully saturated rings. The fraction of sp³-hybridized carbons (Fsp3) is 0.500. The van der Waals surface area contributed by atoms with Crippen molar-refractivity contribution in [2.45, 2.75) is 51.7 Å². The van der Waals surface area contributed by atoms with E-state index in [9.17, 15) is 14.4 Å². The molecule has 1 spiro atoms. The fourth-order valence-electron chi connectivity index (χ4n) is 6.55. The average Bonchev–Trinajstić information content (AvgIpc) is 3.67. The number of hydrogen-bond donors (Lipinski definition) is 0. The Hall–Kier alpha value is -3.38. The number of amides is 1. The van der Waals surface area contributed by atoms with Crippen molar-refractivity contribution in [1.82, 2.24) is 9.88 Å². The first-order chi connectivity index (χ1) is 20.8. The minimum Gasteiger partial charge on any atom is -0.496 e. The first-order valence-electron chi connectivity index (χ1n) is 14.8. The van der Waals surface area contributed by atoms with E-state index in [0.717, 1.165) is 28.8 Å². The number of carbonyl (C=O) groups excluding carboxylic acids is 3. The molecule has 1 atom stereocenters. The molecule has 2 aromatic heterocycles. The minimum atomic E-state index is -1.22. The number of thiophene rings is 1. The van der Waals surface area contributed by atoms with Crippen LogP contribution in [0.5, 0.6) is 5.75 Å². The van der Waals surface area contributed by atoms with Crippen LogP contribution >= 0.6 is 11.3 Å². The quantitative estimate of drug-likeness (QED) is 0.315. The second kappa shape index (κ2) is 12.3. The van der Waals surface area contributed by atoms with E-state index in [0.29, 0.717) is 67.9 Å². The van der Waals surface area contributed by atoms with Gasteiger partial charge in [-0.3, -0.25) is 24.2 Å². The van der Waals surface area contributed by atoms with Gasteiger partial charge in [-0.1, -0.05) is 18.2 Å². The van der Waals surface area contributed by atoms with Crippen LogP contribution in [0.3, 0.4) is 0 Å². The Bertz CT molecular complexity index is 1490. The van der Waals surface area contributed by atoms with Gasteiger partial charge in [-0.25, -0.2) is 4.98 Å². The number of piperidine rings is 1. The molecule has 0 bridgehead atoms. The van der Waals surface area contributed by atoms with Gasteiger partial charge in [0.15, 0.2) is 5.78 Å². The summed E-state index contributed by atoms with van der Waals surface area (Å²) in [5.41, 5.74) is 0.927. The number of fused-ring (bicyclic) bond motifs is 1. The van der Waals surface area contributed by atoms with Crippen LogP contribution in [0.2, 0.25) is 0 Å². The zero-order valence-electron chi connectivity index (χ0n) is 24.8. The number of oxazole rings is 1. The zero-order chi connectivity index (χ0) is 30.1. The average molecular weight is 608 g/mol. The summed E-state index contributed by atoms with van der Waals surface area (Å²) in [5, 5.41) is 0.591. The minimum absolute atomic E-state index is 0.0404. The first kappa shape index (κ1) is 29.7. The lowest BCUT2D eigenvalue weighted by Crippen LogP contribution is -2.58. The van der Waals surface area contributed by atoms with Gasteiger partial charge in [0.25, 0.3) is 0 Å². The topological polar surface area (TPSA) is 111 Å². The van der Waals surface area contributed by atoms with E-state index < -0.39 is 11.5 Å². The molecule has 10 nitrogen and oxygen atoms in total. The predicted octanol–water partition coefficient (Wildman–Crippen LogP) is 4.86. The third-order valence-electron chi connectivity index (χ3n) is 8.83. The van der Waals surface area contributed by atoms with Crippen molar-refractivity contribution >= 4 is 33.8 Å². The molecule has 5 heterocycles. The van der Waals surface area contributed by atoms with Crippen LogP contribution in [-0.4, -0.2) is 80.0 Å². The summed E-state index contributed by atoms with van der Waals surface area (Å²) in [6.45, 7) is 6.20. The van der Waals surface area contributed by atoms with Gasteiger partial charge in [-0.05, 0) is 51.2 Å². The predicted molar refractivity (Wildman–Crippen MR) is 161 cm³/mol. The van der Waals surface area contributed by atoms with E-state index in [-0.39, 0.29) is 30.1 Å². The normalized spacial score (nSPS) is 19.9. The van der Waals surface area contributed by atoms with Crippen molar-refractivity contribution in [2.24, 2.45) is 5.41 Å². The maximum atomic E-state index is 14.7. The molecule has 228 valence electrons. The van der Waals surface area contributed by atoms with E-state index in [2.05, 4.69) is 4.98 Å². The number of rotatable bonds is 9. The number of aromatic nitrogens is 1. The maximum Gasteiger partial charge on any atom is 0.241 e. The Morgan fingerprint density at radius 1 is 1.19 bits per heavy atom. The Kier molecular flexibility index (Phi) is 8.50. The number of Topliss-reactive ketones (excluding diaryl/α,β-unsaturated/α-hetero) is 2. The molecule has 3 aliphatic heterocycles. The lowest BCUT2D eigenvalue weighted by atomic mass is 9.69. The molecule has 0 saturated carbocycles. The van der Waals surface area contributed by atoms with Gasteiger partial charge in [-0.15, -0.1) is 11.3 Å². The summed E-state index contributed by atoms with van der Waals surface area (Å²) in [7, 11) is 1.63. The number of ether oxygens (including phenoxy) is 3. The summed E-state index contributed by atoms with van der Waals surface area (Å²) < 4.78 is 23.7. The van der Waals surface area contributed by atoms with Crippen LogP contribution in [0.15, 0.2) is 41.1 Å². The van der Waals surface area contributed by atoms with E-state index in [1.165, 1.54) is 17.6 Å². The molecular formula is C32H37N3O7S. The molecule has 3 aromatic rings. The molecule has 11 heteroatoms. The van der Waals surface area contributed by atoms with E-state index in [4.69, 9.17) is 18.6 Å². The molecule has 3 aliphatic rings. The zero-order valence-corrected chi connectivity index (χ0v) is 25.6. The number of likely N-dealkylation sites (tertiary alicyclic amines) is 1. The van der Waals surface area contributed by atoms with Crippen molar-refractivity contribution in [2.75, 3.05) is 51.4 Å². The highest BCUT2D eigenvalue weighted by atomic mass is 32.1. The van der Waals surface area contributed by atoms with Gasteiger partial charge in [0.2, 0.25) is 11.8 Å². The number of carbonyl (C=O) groups is 3. The van der Waals surface area contributed by atoms with Gasteiger partial charge >= 0.3 is 0 Å². The van der Waals surface area contributed by atoms with E-state index in [1.807, 2.05) is 36.1 Å². The highest BCUT2D eigenvalue weighted by Crippen LogP contribution is 2.52. The van der Waals surface area contributed by atoms with Crippen LogP contribution in [0.25, 0.3) is 10.8 Å². The molecule has 0 N–H and O–H groups in total. The number of hydrogen-bond acceptors (Lipinski definition) is 10. The van der Waals surface area contributed by atoms with Crippen LogP contribution in [0.1, 0.15) is 60.2 Å². The Labute approximate surface area is 254 Å². The van der Waals surface area contributed by atoms with Gasteiger partial charge < -0.3 is 18.6 Å². The standard InChI is InChI=1S/C32H37N3O7S/c1-20(36)18-34-13-10-32(11-14-34)28(37)26-21(2)27(29-33-12-17-41-29)43-30(26)35(31(32)38)19-25(42-22-8-15-40-16-9-22)23-6-4-5-7-24(23)39-3/h4-7,12,17,22,25H,8-11,13-16,18-19H2,1-3H3/t25-/m0/s1. The summed E-state index contributed by atoms with van der Waals surface area (Å²) >= 11 is 1.35. The number of benzene rings is 1. The summed E-state index contributed by atoms with van der Waals surface area (Å²) in [6.07, 6.45) is 4.73. The second-order valence-corrected chi connectivity index (χ2v) is 12.6. The van der Waals surface area contributed by atoms with Crippen LogP contribution in [0.4, 0.5) is 5.00 Å². The van der Waals surface area contributed by atoms with Crippen molar-refractivity contribution in [3.05, 3.63) is 53.4 Å². The number of ketones is 2. The third-order valence-corrected chi connectivity index (χ3v) is 10.1. The van der Waals surface area contributed by atoms with Gasteiger partial charge in [0, 0.05) is 31.9 Å². The van der Waals surface area contributed by atoms with Crippen LogP contribution in [-0.2, 0) is 19.1 Å². The van der Waals surface area contributed by atoms with Crippen LogP contribution in [0, 0.1) is 12.3 Å². The molecule has 1 aromatic carbocycles. The Balaban J connectivity index is 1.43. The van der Waals surface area contributed by atoms with Gasteiger partial charge in [0.05, 0.1) is 42.9 Å². The second-order valence-electron chi connectivity index (χ2n) is 11.6. The smallest absolute Gasteiger partial charge is 0.241 e. The SMILES string of the molecule is COc1ccccc1[C@H](CN1C(=O)C2(CCN(CC(C)=O)CC2)C(=O)c2c1sc(-c1ncco1)c2C)OC1CCOCC1. The fourth-order valence-corrected chi connectivity index (χ4v) is 7.81. The molecular weight excluding hydrogens is 570 g/mol. The van der Waals surface area contributed by atoms with E-state index in [1.54, 1.807) is 25.1 Å². The Morgan fingerprint density at radius 2 is 1.93 bits per heavy atom. The van der Waals surface area contributed by atoms with Gasteiger partial charge in [0.1, 0.15) is 34.3 Å². The number of methoxy groups -OCH3 is 1. The summed E-state index contributed by atoms with van der Waals surface area (Å²) in [5.74, 6) is 0.785. The monoisotopic (exact) mass is 607 g/mol. The highest BCUT2D eigenvalue weighted by Gasteiger charge is 2.56. The number of para-hydroxylation sites is 1. The largest absolute Gasteiger partial charge is 0.496 e. The Morgan fingerprint density at radius 3 is 2.60 bits per heavy atom.